The second kappa shape index (κ2) is 4.78. The molecular formula is C12H13FN4. The molecule has 5 heteroatoms. The Labute approximate surface area is 99.1 Å². The van der Waals surface area contributed by atoms with Gasteiger partial charge in [-0.05, 0) is 12.1 Å². The maximum atomic E-state index is 13.6. The summed E-state index contributed by atoms with van der Waals surface area (Å²) >= 11 is 0. The normalized spacial score (nSPS) is 10.1. The molecule has 0 atom stereocenters. The number of hydrogen-bond acceptors (Lipinski definition) is 4. The third-order valence-electron chi connectivity index (χ3n) is 2.41. The van der Waals surface area contributed by atoms with Crippen molar-refractivity contribution in [3.8, 4) is 0 Å². The van der Waals surface area contributed by atoms with Gasteiger partial charge >= 0.3 is 0 Å². The van der Waals surface area contributed by atoms with Crippen LogP contribution in [0.5, 0.6) is 0 Å². The van der Waals surface area contributed by atoms with E-state index in [0.717, 1.165) is 11.9 Å². The molecule has 0 aliphatic carbocycles. The molecule has 2 aromatic rings. The molecule has 0 aliphatic heterocycles. The number of anilines is 3. The van der Waals surface area contributed by atoms with Crippen molar-refractivity contribution in [2.75, 3.05) is 24.3 Å². The van der Waals surface area contributed by atoms with Crippen LogP contribution in [-0.4, -0.2) is 24.1 Å². The van der Waals surface area contributed by atoms with E-state index < -0.39 is 5.82 Å². The van der Waals surface area contributed by atoms with Crippen molar-refractivity contribution in [1.29, 1.82) is 0 Å². The fourth-order valence-corrected chi connectivity index (χ4v) is 1.49. The smallest absolute Gasteiger partial charge is 0.224 e. The Morgan fingerprint density at radius 3 is 2.59 bits per heavy atom. The van der Waals surface area contributed by atoms with Crippen LogP contribution in [0.4, 0.5) is 21.8 Å². The van der Waals surface area contributed by atoms with Crippen molar-refractivity contribution in [3.05, 3.63) is 42.3 Å². The zero-order valence-corrected chi connectivity index (χ0v) is 9.68. The minimum absolute atomic E-state index is 0.246. The van der Waals surface area contributed by atoms with Crippen molar-refractivity contribution in [3.63, 3.8) is 0 Å². The molecule has 1 aromatic carbocycles. The highest BCUT2D eigenvalue weighted by atomic mass is 19.1. The molecule has 2 rings (SSSR count). The van der Waals surface area contributed by atoms with Gasteiger partial charge in [-0.2, -0.15) is 4.98 Å². The number of para-hydroxylation sites is 1. The molecule has 88 valence electrons. The maximum absolute atomic E-state index is 13.6. The summed E-state index contributed by atoms with van der Waals surface area (Å²) < 4.78 is 13.6. The van der Waals surface area contributed by atoms with E-state index in [2.05, 4.69) is 15.3 Å². The molecule has 17 heavy (non-hydrogen) atoms. The summed E-state index contributed by atoms with van der Waals surface area (Å²) in [5.74, 6) is 0.190. The first-order valence-electron chi connectivity index (χ1n) is 5.21. The summed E-state index contributed by atoms with van der Waals surface area (Å²) in [5.41, 5.74) is 0.868. The molecule has 1 aromatic heterocycles. The molecule has 0 unspecified atom stereocenters. The topological polar surface area (TPSA) is 41.1 Å². The van der Waals surface area contributed by atoms with Crippen LogP contribution in [0.15, 0.2) is 36.5 Å². The molecule has 0 bridgehead atoms. The van der Waals surface area contributed by atoms with Crippen LogP contribution in [0.25, 0.3) is 0 Å². The maximum Gasteiger partial charge on any atom is 0.224 e. The first kappa shape index (κ1) is 11.3. The highest BCUT2D eigenvalue weighted by molar-refractivity contribution is 5.60. The van der Waals surface area contributed by atoms with Crippen LogP contribution in [0.2, 0.25) is 0 Å². The molecule has 0 spiro atoms. The number of nitrogens with zero attached hydrogens (tertiary/aromatic N) is 3. The monoisotopic (exact) mass is 232 g/mol. The zero-order chi connectivity index (χ0) is 12.3. The zero-order valence-electron chi connectivity index (χ0n) is 9.68. The Morgan fingerprint density at radius 1 is 1.24 bits per heavy atom. The Balaban J connectivity index is 2.40. The number of nitrogens with one attached hydrogen (secondary N) is 1. The van der Waals surface area contributed by atoms with Crippen molar-refractivity contribution >= 4 is 17.5 Å². The third-order valence-corrected chi connectivity index (χ3v) is 2.41. The van der Waals surface area contributed by atoms with Gasteiger partial charge in [0.1, 0.15) is 0 Å². The Hall–Kier alpha value is -2.17. The standard InChI is InChI=1S/C12H13FN4/c1-14-12-15-8-10(13)11(16-12)17(2)9-6-4-3-5-7-9/h3-8H,1-2H3,(H,14,15,16). The fraction of sp³-hybridized carbons (Fsp3) is 0.167. The molecule has 4 nitrogen and oxygen atoms in total. The lowest BCUT2D eigenvalue weighted by molar-refractivity contribution is 0.614. The Kier molecular flexibility index (Phi) is 3.18. The van der Waals surface area contributed by atoms with Crippen LogP contribution < -0.4 is 10.2 Å². The van der Waals surface area contributed by atoms with E-state index in [0.29, 0.717) is 5.95 Å². The number of aromatic nitrogens is 2. The summed E-state index contributed by atoms with van der Waals surface area (Å²) in [6.45, 7) is 0. The number of benzene rings is 1. The molecule has 0 saturated carbocycles. The molecule has 0 aliphatic rings. The van der Waals surface area contributed by atoms with Crippen molar-refractivity contribution < 1.29 is 4.39 Å². The summed E-state index contributed by atoms with van der Waals surface area (Å²) in [5, 5.41) is 2.79. The van der Waals surface area contributed by atoms with Crippen LogP contribution in [0.1, 0.15) is 0 Å². The third kappa shape index (κ3) is 2.33. The van der Waals surface area contributed by atoms with E-state index in [4.69, 9.17) is 0 Å². The number of hydrogen-bond donors (Lipinski definition) is 1. The van der Waals surface area contributed by atoms with Crippen molar-refractivity contribution in [2.45, 2.75) is 0 Å². The van der Waals surface area contributed by atoms with E-state index in [1.54, 1.807) is 19.0 Å². The largest absolute Gasteiger partial charge is 0.357 e. The number of rotatable bonds is 3. The van der Waals surface area contributed by atoms with Crippen LogP contribution in [0, 0.1) is 5.82 Å². The van der Waals surface area contributed by atoms with E-state index in [1.807, 2.05) is 30.3 Å². The van der Waals surface area contributed by atoms with Gasteiger partial charge in [-0.1, -0.05) is 18.2 Å². The number of halogens is 1. The van der Waals surface area contributed by atoms with Gasteiger partial charge < -0.3 is 10.2 Å². The van der Waals surface area contributed by atoms with Gasteiger partial charge in [0.05, 0.1) is 6.20 Å². The molecule has 0 radical (unpaired) electrons. The summed E-state index contributed by atoms with van der Waals surface area (Å²) in [6, 6.07) is 9.47. The predicted molar refractivity (Wildman–Crippen MR) is 66.0 cm³/mol. The van der Waals surface area contributed by atoms with E-state index >= 15 is 0 Å². The SMILES string of the molecule is CNc1ncc(F)c(N(C)c2ccccc2)n1. The summed E-state index contributed by atoms with van der Waals surface area (Å²) in [6.07, 6.45) is 1.16. The van der Waals surface area contributed by atoms with Gasteiger partial charge in [0.2, 0.25) is 5.95 Å². The van der Waals surface area contributed by atoms with Crippen LogP contribution >= 0.6 is 0 Å². The van der Waals surface area contributed by atoms with Gasteiger partial charge in [0, 0.05) is 19.8 Å². The lowest BCUT2D eigenvalue weighted by atomic mass is 10.3. The van der Waals surface area contributed by atoms with Crippen LogP contribution in [-0.2, 0) is 0 Å². The second-order valence-electron chi connectivity index (χ2n) is 3.51. The van der Waals surface area contributed by atoms with E-state index in [9.17, 15) is 4.39 Å². The van der Waals surface area contributed by atoms with Gasteiger partial charge in [-0.25, -0.2) is 9.37 Å². The lowest BCUT2D eigenvalue weighted by Gasteiger charge is -2.18. The van der Waals surface area contributed by atoms with E-state index in [1.165, 1.54) is 0 Å². The fourth-order valence-electron chi connectivity index (χ4n) is 1.49. The van der Waals surface area contributed by atoms with Crippen molar-refractivity contribution in [1.82, 2.24) is 9.97 Å². The highest BCUT2D eigenvalue weighted by Crippen LogP contribution is 2.24. The second-order valence-corrected chi connectivity index (χ2v) is 3.51. The molecule has 0 amide bonds. The van der Waals surface area contributed by atoms with E-state index in [-0.39, 0.29) is 5.82 Å². The van der Waals surface area contributed by atoms with Crippen molar-refractivity contribution in [2.24, 2.45) is 0 Å². The highest BCUT2D eigenvalue weighted by Gasteiger charge is 2.12. The molecule has 0 saturated heterocycles. The van der Waals surface area contributed by atoms with Gasteiger partial charge in [-0.3, -0.25) is 0 Å². The summed E-state index contributed by atoms with van der Waals surface area (Å²) in [7, 11) is 3.46. The average Bonchev–Trinajstić information content (AvgIpc) is 2.39. The first-order chi connectivity index (χ1) is 8.22. The lowest BCUT2D eigenvalue weighted by Crippen LogP contribution is -2.14. The Bertz CT molecular complexity index is 501. The minimum atomic E-state index is -0.449. The summed E-state index contributed by atoms with van der Waals surface area (Å²) in [4.78, 5) is 9.58. The predicted octanol–water partition coefficient (Wildman–Crippen LogP) is 2.43. The molecule has 0 fully saturated rings. The van der Waals surface area contributed by atoms with Crippen LogP contribution in [0.3, 0.4) is 0 Å². The minimum Gasteiger partial charge on any atom is -0.357 e. The molecular weight excluding hydrogens is 219 g/mol. The molecule has 1 N–H and O–H groups in total. The first-order valence-corrected chi connectivity index (χ1v) is 5.21. The van der Waals surface area contributed by atoms with Gasteiger partial charge in [-0.15, -0.1) is 0 Å². The Morgan fingerprint density at radius 2 is 1.94 bits per heavy atom. The van der Waals surface area contributed by atoms with Gasteiger partial charge in [0.15, 0.2) is 11.6 Å². The quantitative estimate of drug-likeness (QED) is 0.882. The average molecular weight is 232 g/mol. The van der Waals surface area contributed by atoms with Gasteiger partial charge in [0.25, 0.3) is 0 Å². The molecule has 1 heterocycles.